The van der Waals surface area contributed by atoms with Gasteiger partial charge in [-0.05, 0) is 49.4 Å². The lowest BCUT2D eigenvalue weighted by Gasteiger charge is -2.37. The van der Waals surface area contributed by atoms with Crippen molar-refractivity contribution < 1.29 is 41.0 Å². The van der Waals surface area contributed by atoms with Crippen LogP contribution in [0.25, 0.3) is 11.1 Å². The van der Waals surface area contributed by atoms with Gasteiger partial charge in [0.15, 0.2) is 0 Å². The maximum absolute atomic E-state index is 13.6. The van der Waals surface area contributed by atoms with Gasteiger partial charge in [0, 0.05) is 37.3 Å². The number of carbonyl (C=O) groups excluding carboxylic acids is 1. The summed E-state index contributed by atoms with van der Waals surface area (Å²) in [5.41, 5.74) is -0.612. The number of carbonyl (C=O) groups is 1. The first kappa shape index (κ1) is 31.3. The molecule has 12 heteroatoms. The number of amides is 1. The highest BCUT2D eigenvalue weighted by Gasteiger charge is 2.35. The molecule has 42 heavy (non-hydrogen) atoms. The van der Waals surface area contributed by atoms with Gasteiger partial charge in [-0.3, -0.25) is 9.69 Å². The number of hydrogen-bond acceptors (Lipinski definition) is 5. The number of hydrogen-bond donors (Lipinski definition) is 1. The Morgan fingerprint density at radius 1 is 1.02 bits per heavy atom. The quantitative estimate of drug-likeness (QED) is 0.333. The van der Waals surface area contributed by atoms with Crippen LogP contribution in [0.3, 0.4) is 0 Å². The highest BCUT2D eigenvalue weighted by molar-refractivity contribution is 5.98. The van der Waals surface area contributed by atoms with Crippen LogP contribution < -0.4 is 4.74 Å². The van der Waals surface area contributed by atoms with Crippen molar-refractivity contribution in [2.24, 2.45) is 5.92 Å². The summed E-state index contributed by atoms with van der Waals surface area (Å²) in [5.74, 6) is -0.782. The molecular weight excluding hydrogens is 564 g/mol. The van der Waals surface area contributed by atoms with E-state index in [-0.39, 0.29) is 54.7 Å². The molecule has 1 aliphatic rings. The molecule has 1 N–H and O–H groups in total. The third-order valence-corrected chi connectivity index (χ3v) is 7.24. The fraction of sp³-hybridized carbons (Fsp3) is 0.400. The van der Waals surface area contributed by atoms with Gasteiger partial charge in [-0.25, -0.2) is 4.98 Å². The third-order valence-electron chi connectivity index (χ3n) is 7.24. The molecular formula is C30H31F6N3O3. The third kappa shape index (κ3) is 7.22. The summed E-state index contributed by atoms with van der Waals surface area (Å²) >= 11 is 0. The van der Waals surface area contributed by atoms with E-state index in [2.05, 4.69) is 4.98 Å². The Bertz CT molecular complexity index is 1410. The maximum Gasteiger partial charge on any atom is 0.416 e. The molecule has 3 atom stereocenters. The van der Waals surface area contributed by atoms with Crippen molar-refractivity contribution in [1.29, 1.82) is 0 Å². The van der Waals surface area contributed by atoms with Gasteiger partial charge in [0.05, 0.1) is 23.8 Å². The number of benzene rings is 2. The zero-order valence-electron chi connectivity index (χ0n) is 23.2. The van der Waals surface area contributed by atoms with Crippen molar-refractivity contribution in [2.45, 2.75) is 44.9 Å². The van der Waals surface area contributed by atoms with Crippen molar-refractivity contribution >= 4 is 5.91 Å². The molecule has 1 aliphatic heterocycles. The monoisotopic (exact) mass is 595 g/mol. The van der Waals surface area contributed by atoms with Crippen LogP contribution in [0.5, 0.6) is 5.88 Å². The molecule has 0 aliphatic carbocycles. The van der Waals surface area contributed by atoms with Crippen molar-refractivity contribution in [3.63, 3.8) is 0 Å². The predicted octanol–water partition coefficient (Wildman–Crippen LogP) is 6.14. The smallest absolute Gasteiger partial charge is 0.416 e. The maximum atomic E-state index is 13.6. The van der Waals surface area contributed by atoms with E-state index in [1.165, 1.54) is 35.4 Å². The van der Waals surface area contributed by atoms with Gasteiger partial charge in [0.1, 0.15) is 11.7 Å². The topological polar surface area (TPSA) is 65.9 Å². The van der Waals surface area contributed by atoms with E-state index >= 15 is 0 Å². The molecule has 2 aromatic carbocycles. The number of likely N-dealkylation sites (N-methyl/N-ethyl adjacent to an activating group) is 1. The number of aromatic nitrogens is 1. The number of rotatable bonds is 7. The zero-order chi connectivity index (χ0) is 30.8. The van der Waals surface area contributed by atoms with E-state index in [4.69, 9.17) is 4.74 Å². The van der Waals surface area contributed by atoms with Crippen LogP contribution in [-0.4, -0.2) is 64.7 Å². The second kappa shape index (κ2) is 12.3. The molecule has 0 saturated heterocycles. The Kier molecular flexibility index (Phi) is 9.17. The summed E-state index contributed by atoms with van der Waals surface area (Å²) in [6, 6.07) is 10.6. The highest BCUT2D eigenvalue weighted by atomic mass is 19.4. The average molecular weight is 596 g/mol. The molecule has 1 aromatic heterocycles. The van der Waals surface area contributed by atoms with Gasteiger partial charge in [-0.15, -0.1) is 0 Å². The van der Waals surface area contributed by atoms with Gasteiger partial charge in [0.2, 0.25) is 5.88 Å². The number of alkyl halides is 6. The molecule has 226 valence electrons. The van der Waals surface area contributed by atoms with E-state index in [1.54, 1.807) is 24.9 Å². The number of fused-ring (bicyclic) bond motifs is 1. The first-order chi connectivity index (χ1) is 19.7. The van der Waals surface area contributed by atoms with Crippen LogP contribution in [0.4, 0.5) is 26.3 Å². The second-order valence-corrected chi connectivity index (χ2v) is 10.7. The van der Waals surface area contributed by atoms with Crippen LogP contribution in [0.1, 0.15) is 40.9 Å². The molecule has 0 spiro atoms. The van der Waals surface area contributed by atoms with Crippen LogP contribution in [0.15, 0.2) is 60.8 Å². The summed E-state index contributed by atoms with van der Waals surface area (Å²) in [6.07, 6.45) is -8.25. The summed E-state index contributed by atoms with van der Waals surface area (Å²) < 4.78 is 85.7. The Morgan fingerprint density at radius 2 is 1.67 bits per heavy atom. The number of aliphatic hydroxyl groups is 1. The Balaban J connectivity index is 1.65. The zero-order valence-corrected chi connectivity index (χ0v) is 23.2. The lowest BCUT2D eigenvalue weighted by molar-refractivity contribution is -0.138. The first-order valence-corrected chi connectivity index (χ1v) is 13.3. The van der Waals surface area contributed by atoms with E-state index in [1.807, 2.05) is 6.92 Å². The fourth-order valence-corrected chi connectivity index (χ4v) is 4.88. The molecule has 0 fully saturated rings. The fourth-order valence-electron chi connectivity index (χ4n) is 4.88. The summed E-state index contributed by atoms with van der Waals surface area (Å²) in [7, 11) is 1.74. The van der Waals surface area contributed by atoms with Crippen molar-refractivity contribution in [3.8, 4) is 17.0 Å². The van der Waals surface area contributed by atoms with Gasteiger partial charge in [0.25, 0.3) is 5.91 Å². The van der Waals surface area contributed by atoms with E-state index in [9.17, 15) is 36.2 Å². The molecule has 1 amide bonds. The molecule has 0 radical (unpaired) electrons. The predicted molar refractivity (Wildman–Crippen MR) is 144 cm³/mol. The number of ether oxygens (including phenoxy) is 1. The van der Waals surface area contributed by atoms with E-state index < -0.39 is 41.5 Å². The van der Waals surface area contributed by atoms with Crippen LogP contribution in [0.2, 0.25) is 0 Å². The van der Waals surface area contributed by atoms with Crippen LogP contribution in [-0.2, 0) is 18.9 Å². The van der Waals surface area contributed by atoms with E-state index in [0.717, 1.165) is 24.3 Å². The molecule has 0 unspecified atom stereocenters. The molecule has 0 saturated carbocycles. The summed E-state index contributed by atoms with van der Waals surface area (Å²) in [6.45, 7) is 3.86. The van der Waals surface area contributed by atoms with Gasteiger partial charge >= 0.3 is 12.4 Å². The lowest BCUT2D eigenvalue weighted by Crippen LogP contribution is -2.49. The van der Waals surface area contributed by atoms with Crippen LogP contribution in [0, 0.1) is 5.92 Å². The summed E-state index contributed by atoms with van der Waals surface area (Å²) in [5, 5.41) is 9.86. The number of pyridine rings is 1. The van der Waals surface area contributed by atoms with Gasteiger partial charge in [-0.1, -0.05) is 37.3 Å². The minimum atomic E-state index is -4.55. The standard InChI is InChI=1S/C30H31F6N3O3/c1-18-14-39(19(2)17-40)28(41)25-12-22(21-7-5-9-24(11-21)30(34,35)36)13-37-27(25)42-26(18)16-38(3)15-20-6-4-8-23(10-20)29(31,32)33/h4-13,18-19,26,40H,14-17H2,1-3H3/t18-,19+,26-/m0/s1. The van der Waals surface area contributed by atoms with Crippen molar-refractivity contribution in [2.75, 3.05) is 26.7 Å². The van der Waals surface area contributed by atoms with E-state index in [0.29, 0.717) is 5.56 Å². The van der Waals surface area contributed by atoms with Gasteiger partial charge in [-0.2, -0.15) is 26.3 Å². The van der Waals surface area contributed by atoms with Crippen molar-refractivity contribution in [1.82, 2.24) is 14.8 Å². The Labute approximate surface area is 239 Å². The minimum Gasteiger partial charge on any atom is -0.472 e. The number of halogens is 6. The Hall–Kier alpha value is -3.64. The molecule has 6 nitrogen and oxygen atoms in total. The lowest BCUT2D eigenvalue weighted by atomic mass is 9.98. The minimum absolute atomic E-state index is 0.0186. The second-order valence-electron chi connectivity index (χ2n) is 10.7. The Morgan fingerprint density at radius 3 is 2.31 bits per heavy atom. The van der Waals surface area contributed by atoms with Gasteiger partial charge < -0.3 is 14.7 Å². The van der Waals surface area contributed by atoms with Crippen LogP contribution >= 0.6 is 0 Å². The number of nitrogens with zero attached hydrogens (tertiary/aromatic N) is 3. The molecule has 2 heterocycles. The summed E-state index contributed by atoms with van der Waals surface area (Å²) in [4.78, 5) is 21.2. The highest BCUT2D eigenvalue weighted by Crippen LogP contribution is 2.35. The first-order valence-electron chi connectivity index (χ1n) is 13.3. The van der Waals surface area contributed by atoms with Crippen molar-refractivity contribution in [3.05, 3.63) is 83.0 Å². The number of aliphatic hydroxyl groups excluding tert-OH is 1. The SMILES string of the molecule is C[C@H](CO)N1C[C@H](C)[C@H](CN(C)Cc2cccc(C(F)(F)F)c2)Oc2ncc(-c3cccc(C(F)(F)F)c3)cc2C1=O. The molecule has 4 rings (SSSR count). The normalized spacial score (nSPS) is 18.7. The molecule has 3 aromatic rings. The molecule has 0 bridgehead atoms. The average Bonchev–Trinajstić information content (AvgIpc) is 2.93. The largest absolute Gasteiger partial charge is 0.472 e.